The third-order valence-corrected chi connectivity index (χ3v) is 4.47. The lowest BCUT2D eigenvalue weighted by Crippen LogP contribution is -2.49. The smallest absolute Gasteiger partial charge is 0.223 e. The van der Waals surface area contributed by atoms with E-state index in [9.17, 15) is 4.79 Å². The molecule has 2 aliphatic carbocycles. The minimum Gasteiger partial charge on any atom is -0.337 e. The molecule has 0 aliphatic heterocycles. The van der Waals surface area contributed by atoms with E-state index in [2.05, 4.69) is 18.7 Å². The molecule has 2 rings (SSSR count). The van der Waals surface area contributed by atoms with Crippen LogP contribution < -0.4 is 5.73 Å². The van der Waals surface area contributed by atoms with Crippen molar-refractivity contribution in [1.82, 2.24) is 4.90 Å². The summed E-state index contributed by atoms with van der Waals surface area (Å²) in [5.41, 5.74) is 6.06. The van der Waals surface area contributed by atoms with Gasteiger partial charge >= 0.3 is 0 Å². The van der Waals surface area contributed by atoms with Crippen molar-refractivity contribution in [3.63, 3.8) is 0 Å². The number of carbonyl (C=O) groups is 1. The predicted molar refractivity (Wildman–Crippen MR) is 69.6 cm³/mol. The second-order valence-electron chi connectivity index (χ2n) is 6.04. The molecular weight excluding hydrogens is 212 g/mol. The molecule has 0 radical (unpaired) electrons. The van der Waals surface area contributed by atoms with Crippen LogP contribution in [0.5, 0.6) is 0 Å². The molecule has 0 bridgehead atoms. The molecule has 0 aromatic rings. The van der Waals surface area contributed by atoms with Crippen molar-refractivity contribution in [3.05, 3.63) is 0 Å². The van der Waals surface area contributed by atoms with E-state index in [1.165, 1.54) is 25.7 Å². The topological polar surface area (TPSA) is 46.3 Å². The Bertz CT molecular complexity index is 273. The van der Waals surface area contributed by atoms with Crippen molar-refractivity contribution in [3.8, 4) is 0 Å². The van der Waals surface area contributed by atoms with Gasteiger partial charge in [-0.25, -0.2) is 0 Å². The van der Waals surface area contributed by atoms with Gasteiger partial charge in [0.1, 0.15) is 0 Å². The SMILES string of the molecule is CC(C)N(C(=O)C[C@@H]1CCC[C@H]1N)C1CCC1. The van der Waals surface area contributed by atoms with Crippen LogP contribution in [-0.4, -0.2) is 28.9 Å². The number of rotatable bonds is 4. The van der Waals surface area contributed by atoms with E-state index in [0.29, 0.717) is 30.3 Å². The quantitative estimate of drug-likeness (QED) is 0.817. The third kappa shape index (κ3) is 2.82. The molecule has 1 amide bonds. The minimum absolute atomic E-state index is 0.259. The maximum Gasteiger partial charge on any atom is 0.223 e. The van der Waals surface area contributed by atoms with Crippen LogP contribution in [0.15, 0.2) is 0 Å². The van der Waals surface area contributed by atoms with Crippen LogP contribution in [-0.2, 0) is 4.79 Å². The van der Waals surface area contributed by atoms with Crippen molar-refractivity contribution in [2.24, 2.45) is 11.7 Å². The summed E-state index contributed by atoms with van der Waals surface area (Å²) < 4.78 is 0. The van der Waals surface area contributed by atoms with Gasteiger partial charge in [0.15, 0.2) is 0 Å². The first kappa shape index (κ1) is 12.9. The van der Waals surface area contributed by atoms with Crippen LogP contribution in [0, 0.1) is 5.92 Å². The van der Waals surface area contributed by atoms with Gasteiger partial charge in [0.2, 0.25) is 5.91 Å². The van der Waals surface area contributed by atoms with E-state index >= 15 is 0 Å². The number of hydrogen-bond acceptors (Lipinski definition) is 2. The molecule has 17 heavy (non-hydrogen) atoms. The van der Waals surface area contributed by atoms with E-state index in [1.807, 2.05) is 0 Å². The Morgan fingerprint density at radius 3 is 2.29 bits per heavy atom. The van der Waals surface area contributed by atoms with E-state index in [4.69, 9.17) is 5.73 Å². The molecule has 3 heteroatoms. The van der Waals surface area contributed by atoms with Crippen LogP contribution in [0.1, 0.15) is 58.8 Å². The molecule has 0 heterocycles. The van der Waals surface area contributed by atoms with Crippen molar-refractivity contribution >= 4 is 5.91 Å². The highest BCUT2D eigenvalue weighted by atomic mass is 16.2. The zero-order chi connectivity index (χ0) is 12.4. The van der Waals surface area contributed by atoms with Crippen LogP contribution in [0.2, 0.25) is 0 Å². The van der Waals surface area contributed by atoms with Crippen LogP contribution >= 0.6 is 0 Å². The number of nitrogens with two attached hydrogens (primary N) is 1. The van der Waals surface area contributed by atoms with Gasteiger partial charge in [0.05, 0.1) is 0 Å². The third-order valence-electron chi connectivity index (χ3n) is 4.47. The van der Waals surface area contributed by atoms with Crippen LogP contribution in [0.3, 0.4) is 0 Å². The van der Waals surface area contributed by atoms with E-state index in [0.717, 1.165) is 12.8 Å². The first-order valence-electron chi connectivity index (χ1n) is 7.16. The van der Waals surface area contributed by atoms with Gasteiger partial charge in [-0.05, 0) is 51.9 Å². The molecule has 2 saturated carbocycles. The summed E-state index contributed by atoms with van der Waals surface area (Å²) in [5, 5.41) is 0. The molecule has 2 aliphatic rings. The number of amides is 1. The zero-order valence-electron chi connectivity index (χ0n) is 11.2. The van der Waals surface area contributed by atoms with Crippen molar-refractivity contribution in [2.75, 3.05) is 0 Å². The van der Waals surface area contributed by atoms with Crippen molar-refractivity contribution < 1.29 is 4.79 Å². The Hall–Kier alpha value is -0.570. The average molecular weight is 238 g/mol. The summed E-state index contributed by atoms with van der Waals surface area (Å²) in [6, 6.07) is 1.11. The fourth-order valence-corrected chi connectivity index (χ4v) is 3.23. The van der Waals surface area contributed by atoms with E-state index in [1.54, 1.807) is 0 Å². The Labute approximate surface area is 105 Å². The van der Waals surface area contributed by atoms with Gasteiger partial charge in [0.25, 0.3) is 0 Å². The molecule has 0 aromatic heterocycles. The minimum atomic E-state index is 0.259. The molecule has 0 aromatic carbocycles. The maximum absolute atomic E-state index is 12.4. The van der Waals surface area contributed by atoms with Crippen LogP contribution in [0.25, 0.3) is 0 Å². The molecule has 0 spiro atoms. The predicted octanol–water partition coefficient (Wildman–Crippen LogP) is 2.29. The largest absolute Gasteiger partial charge is 0.337 e. The lowest BCUT2D eigenvalue weighted by molar-refractivity contribution is -0.138. The maximum atomic E-state index is 12.4. The zero-order valence-corrected chi connectivity index (χ0v) is 11.2. The number of carbonyl (C=O) groups excluding carboxylic acids is 1. The summed E-state index contributed by atoms with van der Waals surface area (Å²) in [6.45, 7) is 4.26. The lowest BCUT2D eigenvalue weighted by Gasteiger charge is -2.41. The fraction of sp³-hybridized carbons (Fsp3) is 0.929. The Morgan fingerprint density at radius 2 is 1.88 bits per heavy atom. The van der Waals surface area contributed by atoms with Crippen LogP contribution in [0.4, 0.5) is 0 Å². The Balaban J connectivity index is 1.91. The normalized spacial score (nSPS) is 29.4. The van der Waals surface area contributed by atoms with Crippen molar-refractivity contribution in [2.45, 2.75) is 76.9 Å². The second kappa shape index (κ2) is 5.38. The summed E-state index contributed by atoms with van der Waals surface area (Å²) in [6.07, 6.45) is 7.79. The number of nitrogens with zero attached hydrogens (tertiary/aromatic N) is 1. The number of hydrogen-bond donors (Lipinski definition) is 1. The lowest BCUT2D eigenvalue weighted by atomic mass is 9.89. The summed E-state index contributed by atoms with van der Waals surface area (Å²) in [5.74, 6) is 0.774. The fourth-order valence-electron chi connectivity index (χ4n) is 3.23. The van der Waals surface area contributed by atoms with Crippen molar-refractivity contribution in [1.29, 1.82) is 0 Å². The molecular formula is C14H26N2O. The summed E-state index contributed by atoms with van der Waals surface area (Å²) >= 11 is 0. The molecule has 2 fully saturated rings. The van der Waals surface area contributed by atoms with Gasteiger partial charge in [0, 0.05) is 24.5 Å². The summed E-state index contributed by atoms with van der Waals surface area (Å²) in [4.78, 5) is 14.5. The second-order valence-corrected chi connectivity index (χ2v) is 6.04. The van der Waals surface area contributed by atoms with E-state index in [-0.39, 0.29) is 6.04 Å². The monoisotopic (exact) mass is 238 g/mol. The Kier molecular flexibility index (Phi) is 4.08. The van der Waals surface area contributed by atoms with Gasteiger partial charge in [-0.3, -0.25) is 4.79 Å². The Morgan fingerprint density at radius 1 is 1.24 bits per heavy atom. The molecule has 3 nitrogen and oxygen atoms in total. The molecule has 2 N–H and O–H groups in total. The average Bonchev–Trinajstić information content (AvgIpc) is 2.57. The first-order valence-corrected chi connectivity index (χ1v) is 7.16. The van der Waals surface area contributed by atoms with Gasteiger partial charge in [-0.1, -0.05) is 6.42 Å². The standard InChI is InChI=1S/C14H26N2O/c1-10(2)16(12-6-4-7-12)14(17)9-11-5-3-8-13(11)15/h10-13H,3-9,15H2,1-2H3/t11-,13+/m0/s1. The molecule has 0 saturated heterocycles. The molecule has 0 unspecified atom stereocenters. The van der Waals surface area contributed by atoms with Gasteiger partial charge < -0.3 is 10.6 Å². The highest BCUT2D eigenvalue weighted by Gasteiger charge is 2.33. The van der Waals surface area contributed by atoms with Gasteiger partial charge in [-0.15, -0.1) is 0 Å². The summed E-state index contributed by atoms with van der Waals surface area (Å²) in [7, 11) is 0. The highest BCUT2D eigenvalue weighted by Crippen LogP contribution is 2.31. The highest BCUT2D eigenvalue weighted by molar-refractivity contribution is 5.77. The molecule has 98 valence electrons. The van der Waals surface area contributed by atoms with Gasteiger partial charge in [-0.2, -0.15) is 0 Å². The first-order chi connectivity index (χ1) is 8.09. The van der Waals surface area contributed by atoms with E-state index < -0.39 is 0 Å². The molecule has 2 atom stereocenters.